The summed E-state index contributed by atoms with van der Waals surface area (Å²) in [6, 6.07) is 13.0. The molecule has 27 heavy (non-hydrogen) atoms. The number of hydrogen-bond donors (Lipinski definition) is 1. The van der Waals surface area contributed by atoms with Crippen molar-refractivity contribution in [2.24, 2.45) is 5.41 Å². The van der Waals surface area contributed by atoms with Crippen LogP contribution in [0.4, 0.5) is 0 Å². The Bertz CT molecular complexity index is 1120. The number of rotatable bonds is 3. The number of Topliss-reactive ketones (excluding diaryl/α,β-unsaturated/α-hetero) is 1. The van der Waals surface area contributed by atoms with Crippen molar-refractivity contribution < 1.29 is 23.8 Å². The van der Waals surface area contributed by atoms with Crippen molar-refractivity contribution in [3.63, 3.8) is 0 Å². The molecule has 1 aliphatic rings. The van der Waals surface area contributed by atoms with Crippen LogP contribution in [0.15, 0.2) is 40.8 Å². The third-order valence-electron chi connectivity index (χ3n) is 5.49. The summed E-state index contributed by atoms with van der Waals surface area (Å²) in [6.07, 6.45) is 0.517. The largest absolute Gasteiger partial charge is 0.493 e. The fourth-order valence-corrected chi connectivity index (χ4v) is 4.06. The van der Waals surface area contributed by atoms with Crippen LogP contribution in [0.25, 0.3) is 21.9 Å². The van der Waals surface area contributed by atoms with Crippen LogP contribution in [-0.4, -0.2) is 24.0 Å². The zero-order chi connectivity index (χ0) is 19.2. The summed E-state index contributed by atoms with van der Waals surface area (Å²) in [6.45, 7) is 0. The van der Waals surface area contributed by atoms with Crippen molar-refractivity contribution in [2.75, 3.05) is 7.11 Å². The Kier molecular flexibility index (Phi) is 3.88. The highest BCUT2D eigenvalue weighted by atomic mass is 16.5. The van der Waals surface area contributed by atoms with E-state index in [0.29, 0.717) is 23.3 Å². The summed E-state index contributed by atoms with van der Waals surface area (Å²) >= 11 is 0. The number of carbonyl (C=O) groups excluding carboxylic acids is 1. The number of carbonyl (C=O) groups is 2. The maximum absolute atomic E-state index is 12.3. The Morgan fingerprint density at radius 2 is 2.11 bits per heavy atom. The first-order chi connectivity index (χ1) is 13.0. The molecule has 0 saturated heterocycles. The first kappa shape index (κ1) is 17.1. The van der Waals surface area contributed by atoms with E-state index in [9.17, 15) is 20.0 Å². The van der Waals surface area contributed by atoms with Crippen LogP contribution in [-0.2, 0) is 9.59 Å². The SMILES string of the molecule is COc1ccc(C2CCC(=O)C(C#N)(C(=O)O)C2)c2c1oc1ccccc12. The number of methoxy groups -OCH3 is 1. The average molecular weight is 363 g/mol. The highest BCUT2D eigenvalue weighted by Crippen LogP contribution is 2.47. The summed E-state index contributed by atoms with van der Waals surface area (Å²) in [7, 11) is 1.56. The second-order valence-corrected chi connectivity index (χ2v) is 6.84. The Morgan fingerprint density at radius 3 is 2.81 bits per heavy atom. The number of ketones is 1. The van der Waals surface area contributed by atoms with E-state index >= 15 is 0 Å². The van der Waals surface area contributed by atoms with Crippen LogP contribution in [0.2, 0.25) is 0 Å². The molecule has 0 aliphatic heterocycles. The molecule has 2 aromatic carbocycles. The zero-order valence-electron chi connectivity index (χ0n) is 14.7. The predicted molar refractivity (Wildman–Crippen MR) is 97.6 cm³/mol. The van der Waals surface area contributed by atoms with Gasteiger partial charge in [0.15, 0.2) is 17.1 Å². The maximum Gasteiger partial charge on any atom is 0.331 e. The molecule has 0 radical (unpaired) electrons. The van der Waals surface area contributed by atoms with Crippen LogP contribution >= 0.6 is 0 Å². The van der Waals surface area contributed by atoms with E-state index < -0.39 is 17.2 Å². The molecule has 2 atom stereocenters. The molecule has 0 bridgehead atoms. The van der Waals surface area contributed by atoms with Crippen molar-refractivity contribution in [2.45, 2.75) is 25.2 Å². The van der Waals surface area contributed by atoms with Gasteiger partial charge in [0.25, 0.3) is 0 Å². The van der Waals surface area contributed by atoms with E-state index in [1.54, 1.807) is 19.2 Å². The number of furan rings is 1. The van der Waals surface area contributed by atoms with E-state index in [2.05, 4.69) is 0 Å². The van der Waals surface area contributed by atoms with Crippen molar-refractivity contribution in [3.8, 4) is 11.8 Å². The first-order valence-electron chi connectivity index (χ1n) is 8.68. The van der Waals surface area contributed by atoms with Gasteiger partial charge in [-0.25, -0.2) is 0 Å². The monoisotopic (exact) mass is 363 g/mol. The summed E-state index contributed by atoms with van der Waals surface area (Å²) in [5, 5.41) is 20.8. The van der Waals surface area contributed by atoms with Gasteiger partial charge >= 0.3 is 5.97 Å². The molecule has 6 nitrogen and oxygen atoms in total. The Balaban J connectivity index is 1.93. The lowest BCUT2D eigenvalue weighted by Crippen LogP contribution is -2.42. The molecular formula is C21H17NO5. The number of para-hydroxylation sites is 1. The molecule has 1 saturated carbocycles. The standard InChI is InChI=1S/C21H17NO5/c1-26-16-8-7-13(18-14-4-2-3-5-15(14)27-19(16)18)12-6-9-17(23)21(10-12,11-22)20(24)25/h2-5,7-8,12H,6,9-10H2,1H3,(H,24,25). The molecule has 4 rings (SSSR count). The number of hydrogen-bond acceptors (Lipinski definition) is 5. The lowest BCUT2D eigenvalue weighted by atomic mass is 9.67. The summed E-state index contributed by atoms with van der Waals surface area (Å²) in [4.78, 5) is 24.0. The summed E-state index contributed by atoms with van der Waals surface area (Å²) < 4.78 is 11.4. The van der Waals surface area contributed by atoms with Gasteiger partial charge in [0, 0.05) is 17.2 Å². The van der Waals surface area contributed by atoms with Gasteiger partial charge in [-0.3, -0.25) is 9.59 Å². The third-order valence-corrected chi connectivity index (χ3v) is 5.49. The van der Waals surface area contributed by atoms with Crippen LogP contribution in [0.1, 0.15) is 30.7 Å². The number of fused-ring (bicyclic) bond motifs is 3. The second-order valence-electron chi connectivity index (χ2n) is 6.84. The number of benzene rings is 2. The van der Waals surface area contributed by atoms with Gasteiger partial charge in [-0.15, -0.1) is 0 Å². The van der Waals surface area contributed by atoms with Crippen molar-refractivity contribution in [1.29, 1.82) is 5.26 Å². The van der Waals surface area contributed by atoms with Gasteiger partial charge < -0.3 is 14.3 Å². The molecule has 3 aromatic rings. The molecule has 6 heteroatoms. The maximum atomic E-state index is 12.3. The molecule has 1 aliphatic carbocycles. The number of carboxylic acid groups (broad SMARTS) is 1. The Hall–Kier alpha value is -3.33. The molecular weight excluding hydrogens is 346 g/mol. The minimum atomic E-state index is -1.99. The second kappa shape index (κ2) is 6.13. The van der Waals surface area contributed by atoms with Gasteiger partial charge in [-0.1, -0.05) is 24.3 Å². The van der Waals surface area contributed by atoms with E-state index in [0.717, 1.165) is 16.3 Å². The minimum Gasteiger partial charge on any atom is -0.493 e. The minimum absolute atomic E-state index is 0.0431. The van der Waals surface area contributed by atoms with Crippen LogP contribution in [0, 0.1) is 16.7 Å². The molecule has 1 fully saturated rings. The van der Waals surface area contributed by atoms with Gasteiger partial charge in [-0.2, -0.15) is 5.26 Å². The topological polar surface area (TPSA) is 101 Å². The summed E-state index contributed by atoms with van der Waals surface area (Å²) in [5.41, 5.74) is 0.180. The fourth-order valence-electron chi connectivity index (χ4n) is 4.06. The van der Waals surface area contributed by atoms with Crippen LogP contribution in [0.5, 0.6) is 5.75 Å². The van der Waals surface area contributed by atoms with Gasteiger partial charge in [0.1, 0.15) is 5.58 Å². The molecule has 1 aromatic heterocycles. The van der Waals surface area contributed by atoms with Crippen molar-refractivity contribution >= 4 is 33.7 Å². The highest BCUT2D eigenvalue weighted by Gasteiger charge is 2.51. The molecule has 1 N–H and O–H groups in total. The smallest absolute Gasteiger partial charge is 0.331 e. The molecule has 136 valence electrons. The number of carboxylic acids is 1. The van der Waals surface area contributed by atoms with Gasteiger partial charge in [0.2, 0.25) is 5.41 Å². The van der Waals surface area contributed by atoms with Gasteiger partial charge in [0.05, 0.1) is 13.2 Å². The van der Waals surface area contributed by atoms with E-state index in [1.807, 2.05) is 30.3 Å². The zero-order valence-corrected chi connectivity index (χ0v) is 14.7. The average Bonchev–Trinajstić information content (AvgIpc) is 3.07. The van der Waals surface area contributed by atoms with Crippen molar-refractivity contribution in [3.05, 3.63) is 42.0 Å². The van der Waals surface area contributed by atoms with E-state index in [4.69, 9.17) is 9.15 Å². The number of aliphatic carboxylic acids is 1. The number of nitriles is 1. The molecule has 0 spiro atoms. The van der Waals surface area contributed by atoms with E-state index in [1.165, 1.54) is 0 Å². The normalized spacial score (nSPS) is 22.7. The lowest BCUT2D eigenvalue weighted by Gasteiger charge is -2.31. The Morgan fingerprint density at radius 1 is 1.33 bits per heavy atom. The third kappa shape index (κ3) is 2.39. The lowest BCUT2D eigenvalue weighted by molar-refractivity contribution is -0.153. The van der Waals surface area contributed by atoms with Crippen LogP contribution < -0.4 is 4.74 Å². The summed E-state index contributed by atoms with van der Waals surface area (Å²) in [5.74, 6) is -1.55. The molecule has 2 unspecified atom stereocenters. The number of nitrogens with zero attached hydrogens (tertiary/aromatic N) is 1. The first-order valence-corrected chi connectivity index (χ1v) is 8.68. The highest BCUT2D eigenvalue weighted by molar-refractivity contribution is 6.10. The number of ether oxygens (including phenoxy) is 1. The van der Waals surface area contributed by atoms with Gasteiger partial charge in [-0.05, 0) is 36.5 Å². The molecule has 0 amide bonds. The fraction of sp³-hybridized carbons (Fsp3) is 0.286. The quantitative estimate of drug-likeness (QED) is 0.705. The predicted octanol–water partition coefficient (Wildman–Crippen LogP) is 4.03. The van der Waals surface area contributed by atoms with E-state index in [-0.39, 0.29) is 18.8 Å². The molecule has 1 heterocycles. The van der Waals surface area contributed by atoms with Crippen LogP contribution in [0.3, 0.4) is 0 Å². The van der Waals surface area contributed by atoms with Crippen molar-refractivity contribution in [1.82, 2.24) is 0 Å². The Labute approximate surface area is 154 Å².